The fourth-order valence-corrected chi connectivity index (χ4v) is 6.33. The highest BCUT2D eigenvalue weighted by Gasteiger charge is 2.40. The van der Waals surface area contributed by atoms with Crippen LogP contribution in [0.15, 0.2) is 42.5 Å². The molecule has 0 saturated carbocycles. The number of para-hydroxylation sites is 2. The third-order valence-corrected chi connectivity index (χ3v) is 8.47. The highest BCUT2D eigenvalue weighted by molar-refractivity contribution is 5.77. The third-order valence-electron chi connectivity index (χ3n) is 8.47. The van der Waals surface area contributed by atoms with Crippen molar-refractivity contribution in [2.24, 2.45) is 0 Å². The number of piperidine rings is 1. The molecule has 36 heavy (non-hydrogen) atoms. The van der Waals surface area contributed by atoms with Crippen LogP contribution in [-0.2, 0) is 4.74 Å². The monoisotopic (exact) mass is 489 g/mol. The van der Waals surface area contributed by atoms with Crippen molar-refractivity contribution in [2.75, 3.05) is 37.7 Å². The second-order valence-corrected chi connectivity index (χ2v) is 10.6. The quantitative estimate of drug-likeness (QED) is 0.396. The van der Waals surface area contributed by atoms with Gasteiger partial charge in [-0.2, -0.15) is 0 Å². The minimum Gasteiger partial charge on any atom is -0.380 e. The maximum absolute atomic E-state index is 5.83. The smallest absolute Gasteiger partial charge is 0.205 e. The van der Waals surface area contributed by atoms with Crippen LogP contribution < -0.4 is 10.2 Å². The Morgan fingerprint density at radius 2 is 1.97 bits per heavy atom. The van der Waals surface area contributed by atoms with Crippen molar-refractivity contribution in [2.45, 2.75) is 77.5 Å². The number of nitrogens with zero attached hydrogens (tertiary/aromatic N) is 3. The summed E-state index contributed by atoms with van der Waals surface area (Å²) in [5.74, 6) is 1.51. The van der Waals surface area contributed by atoms with Gasteiger partial charge in [0.2, 0.25) is 5.95 Å². The van der Waals surface area contributed by atoms with Gasteiger partial charge < -0.3 is 19.9 Å². The van der Waals surface area contributed by atoms with Gasteiger partial charge in [0.25, 0.3) is 0 Å². The molecule has 3 aromatic rings. The van der Waals surface area contributed by atoms with Gasteiger partial charge in [-0.05, 0) is 88.7 Å². The maximum atomic E-state index is 5.83. The number of H-pyrrole nitrogens is 1. The van der Waals surface area contributed by atoms with E-state index in [0.29, 0.717) is 30.8 Å². The lowest BCUT2D eigenvalue weighted by Crippen LogP contribution is -2.59. The molecule has 0 aliphatic carbocycles. The number of aromatic nitrogens is 2. The number of ether oxygens (including phenoxy) is 1. The molecule has 0 radical (unpaired) electrons. The summed E-state index contributed by atoms with van der Waals surface area (Å²) in [7, 11) is 0. The van der Waals surface area contributed by atoms with Gasteiger partial charge in [-0.25, -0.2) is 4.98 Å². The summed E-state index contributed by atoms with van der Waals surface area (Å²) >= 11 is 0. The van der Waals surface area contributed by atoms with Gasteiger partial charge in [0, 0.05) is 37.7 Å². The van der Waals surface area contributed by atoms with Crippen molar-refractivity contribution in [3.8, 4) is 0 Å². The molecule has 0 spiro atoms. The molecule has 4 atom stereocenters. The number of aromatic amines is 1. The highest BCUT2D eigenvalue weighted by Crippen LogP contribution is 2.35. The normalized spacial score (nSPS) is 23.8. The van der Waals surface area contributed by atoms with E-state index in [1.54, 1.807) is 0 Å². The van der Waals surface area contributed by atoms with Gasteiger partial charge in [-0.1, -0.05) is 30.3 Å². The number of anilines is 1. The van der Waals surface area contributed by atoms with E-state index in [0.717, 1.165) is 49.6 Å². The van der Waals surface area contributed by atoms with Gasteiger partial charge in [0.05, 0.1) is 23.8 Å². The van der Waals surface area contributed by atoms with E-state index in [-0.39, 0.29) is 0 Å². The van der Waals surface area contributed by atoms with Crippen LogP contribution in [0.1, 0.15) is 62.1 Å². The molecule has 2 N–H and O–H groups in total. The van der Waals surface area contributed by atoms with Gasteiger partial charge >= 0.3 is 0 Å². The number of benzene rings is 2. The molecule has 2 fully saturated rings. The maximum Gasteiger partial charge on any atom is 0.205 e. The average Bonchev–Trinajstić information content (AvgIpc) is 3.55. The Kier molecular flexibility index (Phi) is 7.94. The first-order valence-corrected chi connectivity index (χ1v) is 13.9. The molecule has 2 aliphatic heterocycles. The SMILES string of the molecule is CCOCCN(c1nc2ccccc2[nH]1)C1CCCCN1C(C)C1NCCC1c1ccc(C)c(C)c1. The standard InChI is InChI=1S/C30H43N5O/c1-5-36-19-18-35(30-32-26-10-6-7-11-27(26)33-30)28-12-8-9-17-34(28)23(4)29-25(15-16-31-29)24-14-13-21(2)22(3)20-24/h6-7,10-11,13-14,20,23,25,28-29,31H,5,8-9,12,15-19H2,1-4H3,(H,32,33). The summed E-state index contributed by atoms with van der Waals surface area (Å²) in [5, 5.41) is 3.90. The number of hydrogen-bond acceptors (Lipinski definition) is 5. The number of fused-ring (bicyclic) bond motifs is 1. The second kappa shape index (κ2) is 11.3. The highest BCUT2D eigenvalue weighted by atomic mass is 16.5. The Bertz CT molecular complexity index is 1110. The summed E-state index contributed by atoms with van der Waals surface area (Å²) in [5.41, 5.74) is 6.38. The molecule has 2 aliphatic rings. The van der Waals surface area contributed by atoms with Crippen molar-refractivity contribution in [1.82, 2.24) is 20.2 Å². The van der Waals surface area contributed by atoms with Crippen LogP contribution in [0.4, 0.5) is 5.95 Å². The molecule has 6 heteroatoms. The van der Waals surface area contributed by atoms with E-state index in [9.17, 15) is 0 Å². The Morgan fingerprint density at radius 3 is 2.78 bits per heavy atom. The lowest BCUT2D eigenvalue weighted by molar-refractivity contribution is 0.0714. The Hall–Kier alpha value is -2.41. The van der Waals surface area contributed by atoms with Crippen LogP contribution in [0.5, 0.6) is 0 Å². The predicted molar refractivity (Wildman–Crippen MR) is 149 cm³/mol. The Morgan fingerprint density at radius 1 is 1.11 bits per heavy atom. The molecule has 4 unspecified atom stereocenters. The molecule has 194 valence electrons. The van der Waals surface area contributed by atoms with Crippen LogP contribution in [-0.4, -0.2) is 66.0 Å². The predicted octanol–water partition coefficient (Wildman–Crippen LogP) is 5.37. The van der Waals surface area contributed by atoms with E-state index in [2.05, 4.69) is 90.3 Å². The fraction of sp³-hybridized carbons (Fsp3) is 0.567. The zero-order chi connectivity index (χ0) is 25.1. The molecule has 5 rings (SSSR count). The molecule has 0 bridgehead atoms. The van der Waals surface area contributed by atoms with Crippen LogP contribution in [0.3, 0.4) is 0 Å². The molecule has 2 aromatic carbocycles. The molecule has 2 saturated heterocycles. The van der Waals surface area contributed by atoms with Gasteiger partial charge in [-0.15, -0.1) is 0 Å². The van der Waals surface area contributed by atoms with E-state index in [4.69, 9.17) is 9.72 Å². The number of aryl methyl sites for hydroxylation is 2. The zero-order valence-electron chi connectivity index (χ0n) is 22.5. The van der Waals surface area contributed by atoms with Gasteiger partial charge in [-0.3, -0.25) is 4.90 Å². The molecule has 0 amide bonds. The lowest BCUT2D eigenvalue weighted by Gasteiger charge is -2.47. The summed E-state index contributed by atoms with van der Waals surface area (Å²) in [6.07, 6.45) is 5.15. The largest absolute Gasteiger partial charge is 0.380 e. The Labute approximate surface area is 216 Å². The van der Waals surface area contributed by atoms with Crippen LogP contribution in [0.25, 0.3) is 11.0 Å². The molecule has 1 aromatic heterocycles. The number of likely N-dealkylation sites (tertiary alicyclic amines) is 1. The van der Waals surface area contributed by atoms with Crippen LogP contribution in [0, 0.1) is 13.8 Å². The van der Waals surface area contributed by atoms with Crippen LogP contribution >= 0.6 is 0 Å². The summed E-state index contributed by atoms with van der Waals surface area (Å²) in [4.78, 5) is 13.9. The van der Waals surface area contributed by atoms with Gasteiger partial charge in [0.1, 0.15) is 0 Å². The lowest BCUT2D eigenvalue weighted by atomic mass is 9.85. The van der Waals surface area contributed by atoms with Crippen molar-refractivity contribution in [1.29, 1.82) is 0 Å². The minimum absolute atomic E-state index is 0.303. The summed E-state index contributed by atoms with van der Waals surface area (Å²) in [6, 6.07) is 16.3. The molecular weight excluding hydrogens is 446 g/mol. The van der Waals surface area contributed by atoms with Crippen molar-refractivity contribution in [3.05, 3.63) is 59.2 Å². The Balaban J connectivity index is 1.42. The van der Waals surface area contributed by atoms with Crippen molar-refractivity contribution >= 4 is 17.0 Å². The summed E-state index contributed by atoms with van der Waals surface area (Å²) < 4.78 is 5.83. The van der Waals surface area contributed by atoms with E-state index >= 15 is 0 Å². The third kappa shape index (κ3) is 5.17. The molecule has 3 heterocycles. The first kappa shape index (κ1) is 25.2. The first-order chi connectivity index (χ1) is 17.6. The molecular formula is C30H43N5O. The number of hydrogen-bond donors (Lipinski definition) is 2. The van der Waals surface area contributed by atoms with Crippen LogP contribution in [0.2, 0.25) is 0 Å². The van der Waals surface area contributed by atoms with Crippen molar-refractivity contribution < 1.29 is 4.74 Å². The van der Waals surface area contributed by atoms with Gasteiger partial charge in [0.15, 0.2) is 0 Å². The number of rotatable bonds is 9. The minimum atomic E-state index is 0.303. The van der Waals surface area contributed by atoms with E-state index in [1.165, 1.54) is 36.0 Å². The van der Waals surface area contributed by atoms with E-state index in [1.807, 2.05) is 0 Å². The average molecular weight is 490 g/mol. The number of imidazole rings is 1. The number of nitrogens with one attached hydrogen (secondary N) is 2. The first-order valence-electron chi connectivity index (χ1n) is 13.9. The fourth-order valence-electron chi connectivity index (χ4n) is 6.33. The topological polar surface area (TPSA) is 56.4 Å². The zero-order valence-corrected chi connectivity index (χ0v) is 22.5. The summed E-state index contributed by atoms with van der Waals surface area (Å²) in [6.45, 7) is 13.4. The molecule has 6 nitrogen and oxygen atoms in total. The second-order valence-electron chi connectivity index (χ2n) is 10.6. The van der Waals surface area contributed by atoms with E-state index < -0.39 is 0 Å². The van der Waals surface area contributed by atoms with Crippen molar-refractivity contribution in [3.63, 3.8) is 0 Å².